The third-order valence-electron chi connectivity index (χ3n) is 4.90. The SMILES string of the molecule is COc1cc(-c2nc(SCCC(C)C)nc(Nc3ccccc3)c2C#N)cc(OC)c1OC. The van der Waals surface area contributed by atoms with E-state index in [1.165, 1.54) is 0 Å². The first-order valence-corrected chi connectivity index (χ1v) is 11.6. The molecule has 3 aromatic rings. The van der Waals surface area contributed by atoms with Crippen molar-refractivity contribution in [1.82, 2.24) is 9.97 Å². The van der Waals surface area contributed by atoms with Gasteiger partial charge >= 0.3 is 0 Å². The number of rotatable bonds is 10. The fourth-order valence-corrected chi connectivity index (χ4v) is 4.26. The lowest BCUT2D eigenvalue weighted by Crippen LogP contribution is -2.04. The maximum absolute atomic E-state index is 10.1. The number of nitrogens with zero attached hydrogens (tertiary/aromatic N) is 3. The third-order valence-corrected chi connectivity index (χ3v) is 5.78. The highest BCUT2D eigenvalue weighted by Gasteiger charge is 2.21. The minimum Gasteiger partial charge on any atom is -0.493 e. The van der Waals surface area contributed by atoms with E-state index in [-0.39, 0.29) is 0 Å². The molecule has 0 aliphatic carbocycles. The molecule has 0 amide bonds. The Labute approximate surface area is 199 Å². The summed E-state index contributed by atoms with van der Waals surface area (Å²) in [7, 11) is 4.67. The van der Waals surface area contributed by atoms with Crippen molar-refractivity contribution < 1.29 is 14.2 Å². The van der Waals surface area contributed by atoms with Crippen molar-refractivity contribution in [3.05, 3.63) is 48.0 Å². The summed E-state index contributed by atoms with van der Waals surface area (Å²) in [6.07, 6.45) is 1.04. The number of ether oxygens (including phenoxy) is 3. The molecule has 0 saturated carbocycles. The van der Waals surface area contributed by atoms with E-state index < -0.39 is 0 Å². The van der Waals surface area contributed by atoms with Crippen molar-refractivity contribution in [3.63, 3.8) is 0 Å². The molecule has 3 rings (SSSR count). The first-order chi connectivity index (χ1) is 16.0. The zero-order valence-corrected chi connectivity index (χ0v) is 20.3. The van der Waals surface area contributed by atoms with E-state index in [1.807, 2.05) is 30.3 Å². The van der Waals surface area contributed by atoms with Crippen molar-refractivity contribution in [2.24, 2.45) is 5.92 Å². The molecule has 8 heteroatoms. The van der Waals surface area contributed by atoms with Crippen molar-refractivity contribution >= 4 is 23.3 Å². The first-order valence-electron chi connectivity index (χ1n) is 10.6. The summed E-state index contributed by atoms with van der Waals surface area (Å²) in [4.78, 5) is 9.43. The van der Waals surface area contributed by atoms with E-state index in [9.17, 15) is 5.26 Å². The van der Waals surface area contributed by atoms with Crippen LogP contribution < -0.4 is 19.5 Å². The van der Waals surface area contributed by atoms with Crippen LogP contribution in [0.15, 0.2) is 47.6 Å². The van der Waals surface area contributed by atoms with Gasteiger partial charge in [-0.3, -0.25) is 0 Å². The molecule has 33 heavy (non-hydrogen) atoms. The summed E-state index contributed by atoms with van der Waals surface area (Å²) < 4.78 is 16.5. The van der Waals surface area contributed by atoms with Gasteiger partial charge in [0.25, 0.3) is 0 Å². The number of hydrogen-bond acceptors (Lipinski definition) is 8. The van der Waals surface area contributed by atoms with E-state index in [0.717, 1.165) is 17.9 Å². The molecule has 1 aromatic heterocycles. The number of anilines is 2. The zero-order chi connectivity index (χ0) is 23.8. The quantitative estimate of drug-likeness (QED) is 0.292. The van der Waals surface area contributed by atoms with E-state index in [1.54, 1.807) is 45.2 Å². The number of thioether (sulfide) groups is 1. The van der Waals surface area contributed by atoms with Gasteiger partial charge in [0.2, 0.25) is 5.75 Å². The molecule has 0 aliphatic heterocycles. The maximum Gasteiger partial charge on any atom is 0.203 e. The second kappa shape index (κ2) is 11.4. The van der Waals surface area contributed by atoms with E-state index >= 15 is 0 Å². The Bertz CT molecular complexity index is 1110. The summed E-state index contributed by atoms with van der Waals surface area (Å²) in [5, 5.41) is 13.9. The lowest BCUT2D eigenvalue weighted by Gasteiger charge is -2.16. The van der Waals surface area contributed by atoms with E-state index in [0.29, 0.717) is 51.0 Å². The second-order valence-corrected chi connectivity index (χ2v) is 8.69. The third kappa shape index (κ3) is 5.88. The van der Waals surface area contributed by atoms with Gasteiger partial charge in [-0.25, -0.2) is 9.97 Å². The molecule has 0 aliphatic rings. The molecule has 0 spiro atoms. The first kappa shape index (κ1) is 24.2. The molecule has 0 bridgehead atoms. The van der Waals surface area contributed by atoms with Crippen molar-refractivity contribution in [1.29, 1.82) is 5.26 Å². The molecule has 2 aromatic carbocycles. The summed E-state index contributed by atoms with van der Waals surface area (Å²) in [5.74, 6) is 3.36. The highest BCUT2D eigenvalue weighted by Crippen LogP contribution is 2.42. The van der Waals surface area contributed by atoms with Gasteiger partial charge in [0, 0.05) is 17.0 Å². The van der Waals surface area contributed by atoms with Crippen molar-refractivity contribution in [2.75, 3.05) is 32.4 Å². The van der Waals surface area contributed by atoms with Gasteiger partial charge in [-0.1, -0.05) is 43.8 Å². The monoisotopic (exact) mass is 464 g/mol. The molecule has 0 fully saturated rings. The van der Waals surface area contributed by atoms with Crippen molar-refractivity contribution in [3.8, 4) is 34.6 Å². The molecule has 0 radical (unpaired) electrons. The van der Waals surface area contributed by atoms with Crippen LogP contribution >= 0.6 is 11.8 Å². The number of hydrogen-bond donors (Lipinski definition) is 1. The predicted octanol–water partition coefficient (Wildman–Crippen LogP) is 5.92. The van der Waals surface area contributed by atoms with Gasteiger partial charge in [-0.05, 0) is 36.6 Å². The Kier molecular flexibility index (Phi) is 8.39. The fourth-order valence-electron chi connectivity index (χ4n) is 3.17. The number of methoxy groups -OCH3 is 3. The summed E-state index contributed by atoms with van der Waals surface area (Å²) in [6.45, 7) is 4.37. The number of nitriles is 1. The zero-order valence-electron chi connectivity index (χ0n) is 19.5. The highest BCUT2D eigenvalue weighted by atomic mass is 32.2. The molecular weight excluding hydrogens is 436 g/mol. The summed E-state index contributed by atoms with van der Waals surface area (Å²) >= 11 is 1.57. The Morgan fingerprint density at radius 3 is 2.21 bits per heavy atom. The van der Waals surface area contributed by atoms with E-state index in [2.05, 4.69) is 30.2 Å². The van der Waals surface area contributed by atoms with Crippen LogP contribution in [0.3, 0.4) is 0 Å². The normalized spacial score (nSPS) is 10.6. The Hall–Kier alpha value is -3.44. The van der Waals surface area contributed by atoms with Gasteiger partial charge in [-0.2, -0.15) is 5.26 Å². The highest BCUT2D eigenvalue weighted by molar-refractivity contribution is 7.99. The van der Waals surface area contributed by atoms with Crippen molar-refractivity contribution in [2.45, 2.75) is 25.4 Å². The second-order valence-electron chi connectivity index (χ2n) is 7.63. The molecule has 0 atom stereocenters. The molecule has 7 nitrogen and oxygen atoms in total. The van der Waals surface area contributed by atoms with Gasteiger partial charge in [0.05, 0.1) is 27.0 Å². The Balaban J connectivity index is 2.16. The largest absolute Gasteiger partial charge is 0.493 e. The summed E-state index contributed by atoms with van der Waals surface area (Å²) in [5.41, 5.74) is 2.34. The van der Waals surface area contributed by atoms with Crippen LogP contribution in [0.2, 0.25) is 0 Å². The van der Waals surface area contributed by atoms with Crippen LogP contribution in [0.5, 0.6) is 17.2 Å². The molecular formula is C25H28N4O3S. The number of aromatic nitrogens is 2. The topological polar surface area (TPSA) is 89.3 Å². The van der Waals surface area contributed by atoms with Gasteiger partial charge < -0.3 is 19.5 Å². The number of nitrogens with one attached hydrogen (secondary N) is 1. The predicted molar refractivity (Wildman–Crippen MR) is 132 cm³/mol. The minimum atomic E-state index is 0.335. The minimum absolute atomic E-state index is 0.335. The van der Waals surface area contributed by atoms with Crippen LogP contribution in [0, 0.1) is 17.2 Å². The lowest BCUT2D eigenvalue weighted by atomic mass is 10.1. The summed E-state index contributed by atoms with van der Waals surface area (Å²) in [6, 6.07) is 15.5. The van der Waals surface area contributed by atoms with Crippen LogP contribution in [0.4, 0.5) is 11.5 Å². The lowest BCUT2D eigenvalue weighted by molar-refractivity contribution is 0.324. The number of benzene rings is 2. The molecule has 0 unspecified atom stereocenters. The van der Waals surface area contributed by atoms with Crippen LogP contribution in [0.1, 0.15) is 25.8 Å². The molecule has 0 saturated heterocycles. The van der Waals surface area contributed by atoms with Crippen LogP contribution in [-0.2, 0) is 0 Å². The maximum atomic E-state index is 10.1. The standard InChI is InChI=1S/C25H28N4O3S/c1-16(2)11-12-33-25-28-22(17-13-20(30-3)23(32-5)21(14-17)31-4)19(15-26)24(29-25)27-18-9-7-6-8-10-18/h6-10,13-14,16H,11-12H2,1-5H3,(H,27,28,29). The van der Waals surface area contributed by atoms with Crippen LogP contribution in [0.25, 0.3) is 11.3 Å². The Morgan fingerprint density at radius 1 is 1.00 bits per heavy atom. The van der Waals surface area contributed by atoms with Gasteiger partial charge in [0.15, 0.2) is 22.5 Å². The van der Waals surface area contributed by atoms with Gasteiger partial charge in [-0.15, -0.1) is 0 Å². The molecule has 172 valence electrons. The molecule has 1 heterocycles. The average Bonchev–Trinajstić information content (AvgIpc) is 2.83. The van der Waals surface area contributed by atoms with Crippen LogP contribution in [-0.4, -0.2) is 37.1 Å². The Morgan fingerprint density at radius 2 is 1.67 bits per heavy atom. The fraction of sp³-hybridized carbons (Fsp3) is 0.320. The number of para-hydroxylation sites is 1. The molecule has 1 N–H and O–H groups in total. The van der Waals surface area contributed by atoms with Gasteiger partial charge in [0.1, 0.15) is 11.6 Å². The van der Waals surface area contributed by atoms with E-state index in [4.69, 9.17) is 19.2 Å². The smallest absolute Gasteiger partial charge is 0.203 e. The average molecular weight is 465 g/mol.